The number of carbonyl (C=O) groups is 3. The molecule has 5 atom stereocenters. The number of fused-ring (bicyclic) bond motifs is 2. The van der Waals surface area contributed by atoms with Crippen molar-refractivity contribution in [2.45, 2.75) is 61.5 Å². The van der Waals surface area contributed by atoms with Crippen LogP contribution in [-0.4, -0.2) is 63.0 Å². The van der Waals surface area contributed by atoms with Gasteiger partial charge in [0.05, 0.1) is 16.6 Å². The molecular weight excluding hydrogens is 474 g/mol. The number of likely N-dealkylation sites (tertiary alicyclic amines) is 1. The van der Waals surface area contributed by atoms with Gasteiger partial charge in [0.15, 0.2) is 0 Å². The van der Waals surface area contributed by atoms with Gasteiger partial charge in [-0.1, -0.05) is 37.3 Å². The first kappa shape index (κ1) is 25.1. The fourth-order valence-corrected chi connectivity index (χ4v) is 8.95. The van der Waals surface area contributed by atoms with Crippen LogP contribution in [0.25, 0.3) is 10.8 Å². The van der Waals surface area contributed by atoms with Crippen LogP contribution in [0, 0.1) is 11.8 Å². The SMILES string of the molecule is CCCNC(=O)[C@@H]1[C@H]2C(=O)N(CCCCO)C(C(=O)Nc3ccc4ccccc4c3)C23CC[C@@]1(C)S3. The molecule has 0 aliphatic carbocycles. The Labute approximate surface area is 216 Å². The number of amides is 3. The summed E-state index contributed by atoms with van der Waals surface area (Å²) in [4.78, 5) is 42.9. The predicted molar refractivity (Wildman–Crippen MR) is 143 cm³/mol. The first-order valence-electron chi connectivity index (χ1n) is 13.0. The Morgan fingerprint density at radius 2 is 1.89 bits per heavy atom. The molecule has 2 aromatic rings. The largest absolute Gasteiger partial charge is 0.396 e. The van der Waals surface area contributed by atoms with E-state index in [0.717, 1.165) is 30.0 Å². The number of carbonyl (C=O) groups excluding carboxylic acids is 3. The normalized spacial score (nSPS) is 30.6. The van der Waals surface area contributed by atoms with Gasteiger partial charge in [0.1, 0.15) is 6.04 Å². The molecule has 8 heteroatoms. The van der Waals surface area contributed by atoms with E-state index in [-0.39, 0.29) is 29.1 Å². The zero-order chi connectivity index (χ0) is 25.5. The number of benzene rings is 2. The third-order valence-electron chi connectivity index (χ3n) is 8.18. The molecule has 36 heavy (non-hydrogen) atoms. The van der Waals surface area contributed by atoms with Crippen LogP contribution in [0.3, 0.4) is 0 Å². The number of thioether (sulfide) groups is 1. The van der Waals surface area contributed by atoms with Gasteiger partial charge in [0.25, 0.3) is 0 Å². The first-order valence-corrected chi connectivity index (χ1v) is 13.8. The standard InChI is InChI=1S/C28H35N3O4S/c1-3-14-29-24(33)21-22-26(35)31(15-6-7-16-32)23(28(22)13-12-27(21,2)36-28)25(34)30-20-11-10-18-8-4-5-9-19(18)17-20/h4-5,8-11,17,21-23,32H,3,6-7,12-16H2,1-2H3,(H,29,33)(H,30,34)/t21-,22-,23?,27+,28?/m0/s1. The summed E-state index contributed by atoms with van der Waals surface area (Å²) >= 11 is 1.68. The fraction of sp³-hybridized carbons (Fsp3) is 0.536. The van der Waals surface area contributed by atoms with Crippen LogP contribution in [0.15, 0.2) is 42.5 Å². The summed E-state index contributed by atoms with van der Waals surface area (Å²) in [5.74, 6) is -1.33. The maximum atomic E-state index is 13.9. The van der Waals surface area contributed by atoms with Crippen LogP contribution in [0.1, 0.15) is 46.0 Å². The number of unbranched alkanes of at least 4 members (excludes halogenated alkanes) is 1. The number of anilines is 1. The van der Waals surface area contributed by atoms with Crippen molar-refractivity contribution in [3.8, 4) is 0 Å². The Hall–Kier alpha value is -2.58. The number of aliphatic hydroxyl groups excluding tert-OH is 1. The van der Waals surface area contributed by atoms with Crippen LogP contribution in [0.4, 0.5) is 5.69 Å². The van der Waals surface area contributed by atoms with Gasteiger partial charge in [0, 0.05) is 30.1 Å². The van der Waals surface area contributed by atoms with Gasteiger partial charge >= 0.3 is 0 Å². The van der Waals surface area contributed by atoms with Crippen molar-refractivity contribution in [2.24, 2.45) is 11.8 Å². The summed E-state index contributed by atoms with van der Waals surface area (Å²) in [5, 5.41) is 17.6. The minimum Gasteiger partial charge on any atom is -0.396 e. The van der Waals surface area contributed by atoms with E-state index in [1.54, 1.807) is 16.7 Å². The van der Waals surface area contributed by atoms with Crippen LogP contribution in [0.5, 0.6) is 0 Å². The molecule has 7 nitrogen and oxygen atoms in total. The Morgan fingerprint density at radius 1 is 1.11 bits per heavy atom. The number of hydrogen-bond donors (Lipinski definition) is 3. The molecule has 3 heterocycles. The molecule has 2 bridgehead atoms. The number of aliphatic hydroxyl groups is 1. The highest BCUT2D eigenvalue weighted by Gasteiger charge is 2.76. The molecule has 3 amide bonds. The Bertz CT molecular complexity index is 1190. The molecule has 0 radical (unpaired) electrons. The molecule has 3 fully saturated rings. The molecule has 3 aliphatic rings. The Morgan fingerprint density at radius 3 is 2.64 bits per heavy atom. The van der Waals surface area contributed by atoms with E-state index < -0.39 is 22.6 Å². The molecular formula is C28H35N3O4S. The maximum Gasteiger partial charge on any atom is 0.248 e. The minimum atomic E-state index is -0.657. The molecule has 2 aromatic carbocycles. The van der Waals surface area contributed by atoms with Gasteiger partial charge in [-0.25, -0.2) is 0 Å². The first-order chi connectivity index (χ1) is 17.3. The van der Waals surface area contributed by atoms with Crippen LogP contribution in [-0.2, 0) is 14.4 Å². The van der Waals surface area contributed by atoms with Gasteiger partial charge in [-0.15, -0.1) is 11.8 Å². The van der Waals surface area contributed by atoms with E-state index in [4.69, 9.17) is 0 Å². The smallest absolute Gasteiger partial charge is 0.248 e. The maximum absolute atomic E-state index is 13.9. The lowest BCUT2D eigenvalue weighted by atomic mass is 9.66. The van der Waals surface area contributed by atoms with E-state index >= 15 is 0 Å². The summed E-state index contributed by atoms with van der Waals surface area (Å²) in [5.41, 5.74) is 0.697. The third-order valence-corrected chi connectivity index (χ3v) is 10.2. The monoisotopic (exact) mass is 509 g/mol. The van der Waals surface area contributed by atoms with Crippen molar-refractivity contribution >= 4 is 45.9 Å². The molecule has 5 rings (SSSR count). The predicted octanol–water partition coefficient (Wildman–Crippen LogP) is 3.56. The van der Waals surface area contributed by atoms with Crippen LogP contribution < -0.4 is 10.6 Å². The van der Waals surface area contributed by atoms with Crippen molar-refractivity contribution in [3.63, 3.8) is 0 Å². The van der Waals surface area contributed by atoms with Crippen molar-refractivity contribution in [1.29, 1.82) is 0 Å². The van der Waals surface area contributed by atoms with Crippen molar-refractivity contribution in [2.75, 3.05) is 25.0 Å². The number of nitrogens with zero attached hydrogens (tertiary/aromatic N) is 1. The van der Waals surface area contributed by atoms with Crippen LogP contribution >= 0.6 is 11.8 Å². The molecule has 0 saturated carbocycles. The van der Waals surface area contributed by atoms with E-state index in [0.29, 0.717) is 31.6 Å². The van der Waals surface area contributed by atoms with Crippen molar-refractivity contribution < 1.29 is 19.5 Å². The number of nitrogens with one attached hydrogen (secondary N) is 2. The fourth-order valence-electron chi connectivity index (χ4n) is 6.60. The summed E-state index contributed by atoms with van der Waals surface area (Å²) < 4.78 is -0.989. The van der Waals surface area contributed by atoms with Crippen molar-refractivity contribution in [1.82, 2.24) is 10.2 Å². The molecule has 3 aliphatic heterocycles. The molecule has 3 N–H and O–H groups in total. The van der Waals surface area contributed by atoms with Crippen LogP contribution in [0.2, 0.25) is 0 Å². The lowest BCUT2D eigenvalue weighted by Crippen LogP contribution is -2.52. The van der Waals surface area contributed by atoms with Gasteiger partial charge < -0.3 is 20.6 Å². The Kier molecular flexibility index (Phi) is 6.76. The highest BCUT2D eigenvalue weighted by Crippen LogP contribution is 2.71. The lowest BCUT2D eigenvalue weighted by molar-refractivity contribution is -0.140. The van der Waals surface area contributed by atoms with Gasteiger partial charge in [-0.2, -0.15) is 0 Å². The average Bonchev–Trinajstić information content (AvgIpc) is 3.43. The number of hydrogen-bond acceptors (Lipinski definition) is 5. The lowest BCUT2D eigenvalue weighted by Gasteiger charge is -2.34. The second kappa shape index (κ2) is 9.71. The van der Waals surface area contributed by atoms with E-state index in [9.17, 15) is 19.5 Å². The van der Waals surface area contributed by atoms with Gasteiger partial charge in [-0.05, 0) is 61.9 Å². The average molecular weight is 510 g/mol. The van der Waals surface area contributed by atoms with E-state index in [1.807, 2.05) is 49.4 Å². The van der Waals surface area contributed by atoms with Gasteiger partial charge in [-0.3, -0.25) is 14.4 Å². The minimum absolute atomic E-state index is 0.0411. The highest BCUT2D eigenvalue weighted by atomic mass is 32.2. The quantitative estimate of drug-likeness (QED) is 0.449. The second-order valence-corrected chi connectivity index (χ2v) is 12.4. The number of rotatable bonds is 9. The molecule has 3 saturated heterocycles. The summed E-state index contributed by atoms with van der Waals surface area (Å²) in [6.07, 6.45) is 3.53. The zero-order valence-electron chi connectivity index (χ0n) is 21.0. The Balaban J connectivity index is 1.48. The highest BCUT2D eigenvalue weighted by molar-refractivity contribution is 8.02. The van der Waals surface area contributed by atoms with Gasteiger partial charge in [0.2, 0.25) is 17.7 Å². The molecule has 0 aromatic heterocycles. The molecule has 1 spiro atoms. The second-order valence-electron chi connectivity index (χ2n) is 10.5. The molecule has 2 unspecified atom stereocenters. The van der Waals surface area contributed by atoms with E-state index in [1.165, 1.54) is 0 Å². The van der Waals surface area contributed by atoms with E-state index in [2.05, 4.69) is 17.6 Å². The third kappa shape index (κ3) is 3.98. The topological polar surface area (TPSA) is 98.7 Å². The zero-order valence-corrected chi connectivity index (χ0v) is 21.8. The summed E-state index contributed by atoms with van der Waals surface area (Å²) in [6, 6.07) is 13.2. The van der Waals surface area contributed by atoms with Crippen molar-refractivity contribution in [3.05, 3.63) is 42.5 Å². The molecule has 192 valence electrons. The summed E-state index contributed by atoms with van der Waals surface area (Å²) in [6.45, 7) is 5.11. The summed E-state index contributed by atoms with van der Waals surface area (Å²) in [7, 11) is 0.